The Balaban J connectivity index is 2.30. The van der Waals surface area contributed by atoms with Gasteiger partial charge in [-0.15, -0.1) is 0 Å². The van der Waals surface area contributed by atoms with Crippen molar-refractivity contribution in [2.24, 2.45) is 0 Å². The van der Waals surface area contributed by atoms with Crippen LogP contribution >= 0.6 is 0 Å². The molecule has 0 saturated carbocycles. The van der Waals surface area contributed by atoms with Crippen LogP contribution in [0.15, 0.2) is 18.2 Å². The van der Waals surface area contributed by atoms with E-state index in [0.29, 0.717) is 24.2 Å². The molecular weight excluding hydrogens is 298 g/mol. The largest absolute Gasteiger partial charge is 0.480 e. The highest BCUT2D eigenvalue weighted by Gasteiger charge is 2.28. The van der Waals surface area contributed by atoms with E-state index < -0.39 is 5.97 Å². The Morgan fingerprint density at radius 3 is 2.70 bits per heavy atom. The van der Waals surface area contributed by atoms with Crippen molar-refractivity contribution in [3.63, 3.8) is 0 Å². The van der Waals surface area contributed by atoms with Crippen molar-refractivity contribution < 1.29 is 19.5 Å². The number of carboxylic acids is 1. The Labute approximate surface area is 134 Å². The normalized spacial score (nSPS) is 16.6. The van der Waals surface area contributed by atoms with Crippen LogP contribution in [0.3, 0.4) is 0 Å². The minimum absolute atomic E-state index is 0.138. The second kappa shape index (κ2) is 6.68. The fraction of sp³-hybridized carbons (Fsp3) is 0.438. The molecule has 2 rings (SSSR count). The van der Waals surface area contributed by atoms with Crippen molar-refractivity contribution in [1.82, 2.24) is 4.90 Å². The van der Waals surface area contributed by atoms with E-state index in [2.05, 4.69) is 5.32 Å². The van der Waals surface area contributed by atoms with Crippen LogP contribution in [0.1, 0.15) is 30.6 Å². The van der Waals surface area contributed by atoms with E-state index in [4.69, 9.17) is 5.11 Å². The van der Waals surface area contributed by atoms with Crippen LogP contribution in [0, 0.1) is 0 Å². The molecule has 2 N–H and O–H groups in total. The molecule has 0 fully saturated rings. The van der Waals surface area contributed by atoms with Gasteiger partial charge in [-0.2, -0.15) is 0 Å². The minimum atomic E-state index is -1.05. The van der Waals surface area contributed by atoms with Gasteiger partial charge < -0.3 is 20.2 Å². The zero-order valence-electron chi connectivity index (χ0n) is 13.5. The van der Waals surface area contributed by atoms with Gasteiger partial charge >= 0.3 is 5.97 Å². The number of hydrogen-bond acceptors (Lipinski definition) is 4. The third kappa shape index (κ3) is 3.44. The Morgan fingerprint density at radius 2 is 2.09 bits per heavy atom. The molecule has 0 aliphatic carbocycles. The number of likely N-dealkylation sites (N-methyl/N-ethyl adjacent to an activating group) is 1. The maximum absolute atomic E-state index is 12.5. The molecule has 23 heavy (non-hydrogen) atoms. The summed E-state index contributed by atoms with van der Waals surface area (Å²) in [5, 5.41) is 11.7. The van der Waals surface area contributed by atoms with Gasteiger partial charge in [0.1, 0.15) is 12.6 Å². The third-order valence-corrected chi connectivity index (χ3v) is 3.95. The number of carbonyl (C=O) groups excluding carboxylic acids is 2. The number of benzene rings is 1. The van der Waals surface area contributed by atoms with E-state index in [-0.39, 0.29) is 24.4 Å². The number of hydrogen-bond donors (Lipinski definition) is 2. The summed E-state index contributed by atoms with van der Waals surface area (Å²) in [6.45, 7) is 3.71. The second-order valence-corrected chi connectivity index (χ2v) is 5.63. The van der Waals surface area contributed by atoms with Gasteiger partial charge in [-0.3, -0.25) is 14.4 Å². The highest BCUT2D eigenvalue weighted by Crippen LogP contribution is 2.32. The lowest BCUT2D eigenvalue weighted by Gasteiger charge is -2.33. The molecule has 124 valence electrons. The maximum atomic E-state index is 12.5. The Morgan fingerprint density at radius 1 is 1.39 bits per heavy atom. The van der Waals surface area contributed by atoms with Crippen LogP contribution in [0.25, 0.3) is 0 Å². The highest BCUT2D eigenvalue weighted by molar-refractivity contribution is 6.05. The molecule has 0 saturated heterocycles. The topological polar surface area (TPSA) is 90.0 Å². The standard InChI is InChI=1S/C16H21N3O4/c1-4-7-19(9-14(20)21)16(23)11-5-6-13-12(8-11)17-15(22)10(2)18(13)3/h5-6,8,10H,4,7,9H2,1-3H3,(H,17,22)(H,20,21). The number of rotatable bonds is 5. The predicted molar refractivity (Wildman–Crippen MR) is 86.8 cm³/mol. The number of nitrogens with zero attached hydrogens (tertiary/aromatic N) is 2. The van der Waals surface area contributed by atoms with Gasteiger partial charge in [0.2, 0.25) is 5.91 Å². The molecule has 7 heteroatoms. The SMILES string of the molecule is CCCN(CC(=O)O)C(=O)c1ccc2c(c1)NC(=O)C(C)N2C. The molecule has 1 unspecified atom stereocenters. The fourth-order valence-electron chi connectivity index (χ4n) is 2.57. The number of aliphatic carboxylic acids is 1. The van der Waals surface area contributed by atoms with Gasteiger partial charge in [0.05, 0.1) is 11.4 Å². The molecule has 7 nitrogen and oxygen atoms in total. The summed E-state index contributed by atoms with van der Waals surface area (Å²) in [6, 6.07) is 4.74. The lowest BCUT2D eigenvalue weighted by molar-refractivity contribution is -0.137. The van der Waals surface area contributed by atoms with Crippen LogP contribution in [0.5, 0.6) is 0 Å². The van der Waals surface area contributed by atoms with E-state index in [1.54, 1.807) is 25.1 Å². The molecule has 0 bridgehead atoms. The van der Waals surface area contributed by atoms with Gasteiger partial charge in [-0.1, -0.05) is 6.92 Å². The van der Waals surface area contributed by atoms with Gasteiger partial charge in [0.25, 0.3) is 5.91 Å². The first-order valence-corrected chi connectivity index (χ1v) is 7.54. The molecule has 0 radical (unpaired) electrons. The number of carboxylic acid groups (broad SMARTS) is 1. The van der Waals surface area contributed by atoms with Crippen molar-refractivity contribution in [2.75, 3.05) is 30.4 Å². The Bertz CT molecular complexity index is 644. The number of nitrogens with one attached hydrogen (secondary N) is 1. The van der Waals surface area contributed by atoms with Gasteiger partial charge in [-0.25, -0.2) is 0 Å². The van der Waals surface area contributed by atoms with Crippen LogP contribution in [0.2, 0.25) is 0 Å². The van der Waals surface area contributed by atoms with E-state index in [0.717, 1.165) is 5.69 Å². The first-order chi connectivity index (χ1) is 10.8. The van der Waals surface area contributed by atoms with Crippen molar-refractivity contribution in [3.05, 3.63) is 23.8 Å². The Kier molecular flexibility index (Phi) is 4.88. The quantitative estimate of drug-likeness (QED) is 0.856. The summed E-state index contributed by atoms with van der Waals surface area (Å²) in [5.74, 6) is -1.54. The number of anilines is 2. The van der Waals surface area contributed by atoms with Crippen LogP contribution in [0.4, 0.5) is 11.4 Å². The summed E-state index contributed by atoms with van der Waals surface area (Å²) in [6.07, 6.45) is 0.668. The summed E-state index contributed by atoms with van der Waals surface area (Å²) < 4.78 is 0. The molecule has 0 spiro atoms. The van der Waals surface area contributed by atoms with E-state index in [1.807, 2.05) is 18.9 Å². The molecule has 1 aliphatic rings. The average Bonchev–Trinajstić information content (AvgIpc) is 2.50. The first kappa shape index (κ1) is 16.8. The van der Waals surface area contributed by atoms with Crippen molar-refractivity contribution >= 4 is 29.2 Å². The maximum Gasteiger partial charge on any atom is 0.323 e. The molecule has 1 aromatic rings. The van der Waals surface area contributed by atoms with Crippen LogP contribution < -0.4 is 10.2 Å². The smallest absolute Gasteiger partial charge is 0.323 e. The molecule has 1 heterocycles. The molecule has 1 atom stereocenters. The molecular formula is C16H21N3O4. The molecule has 1 aliphatic heterocycles. The number of carbonyl (C=O) groups is 3. The molecule has 2 amide bonds. The van der Waals surface area contributed by atoms with Crippen molar-refractivity contribution in [2.45, 2.75) is 26.3 Å². The van der Waals surface area contributed by atoms with Gasteiger partial charge in [0.15, 0.2) is 0 Å². The van der Waals surface area contributed by atoms with E-state index >= 15 is 0 Å². The fourth-order valence-corrected chi connectivity index (χ4v) is 2.57. The lowest BCUT2D eigenvalue weighted by Crippen LogP contribution is -2.44. The highest BCUT2D eigenvalue weighted by atomic mass is 16.4. The van der Waals surface area contributed by atoms with Gasteiger partial charge in [-0.05, 0) is 31.5 Å². The number of amides is 2. The Hall–Kier alpha value is -2.57. The zero-order chi connectivity index (χ0) is 17.1. The minimum Gasteiger partial charge on any atom is -0.480 e. The average molecular weight is 319 g/mol. The van der Waals surface area contributed by atoms with E-state index in [9.17, 15) is 14.4 Å². The van der Waals surface area contributed by atoms with Crippen LogP contribution in [-0.4, -0.2) is 54.0 Å². The number of fused-ring (bicyclic) bond motifs is 1. The molecule has 1 aromatic carbocycles. The lowest BCUT2D eigenvalue weighted by atomic mass is 10.1. The predicted octanol–water partition coefficient (Wildman–Crippen LogP) is 1.40. The zero-order valence-corrected chi connectivity index (χ0v) is 13.5. The third-order valence-electron chi connectivity index (χ3n) is 3.95. The van der Waals surface area contributed by atoms with Crippen molar-refractivity contribution in [1.29, 1.82) is 0 Å². The molecule has 0 aromatic heterocycles. The summed E-state index contributed by atoms with van der Waals surface area (Å²) in [5.41, 5.74) is 1.75. The van der Waals surface area contributed by atoms with E-state index in [1.165, 1.54) is 4.90 Å². The summed E-state index contributed by atoms with van der Waals surface area (Å²) in [7, 11) is 1.82. The summed E-state index contributed by atoms with van der Waals surface area (Å²) in [4.78, 5) is 38.5. The van der Waals surface area contributed by atoms with Gasteiger partial charge in [0, 0.05) is 19.2 Å². The van der Waals surface area contributed by atoms with Crippen molar-refractivity contribution in [3.8, 4) is 0 Å². The first-order valence-electron chi connectivity index (χ1n) is 7.54. The van der Waals surface area contributed by atoms with Crippen LogP contribution in [-0.2, 0) is 9.59 Å². The second-order valence-electron chi connectivity index (χ2n) is 5.63. The summed E-state index contributed by atoms with van der Waals surface area (Å²) >= 11 is 0. The monoisotopic (exact) mass is 319 g/mol.